The number of hydrogen-bond acceptors (Lipinski definition) is 3. The van der Waals surface area contributed by atoms with Crippen LogP contribution in [0.5, 0.6) is 0 Å². The van der Waals surface area contributed by atoms with Crippen LogP contribution in [-0.2, 0) is 9.53 Å². The van der Waals surface area contributed by atoms with Crippen LogP contribution >= 0.6 is 0 Å². The maximum absolute atomic E-state index is 11.0. The van der Waals surface area contributed by atoms with Crippen molar-refractivity contribution in [1.82, 2.24) is 4.90 Å². The summed E-state index contributed by atoms with van der Waals surface area (Å²) in [5, 5.41) is 8.83. The molecule has 1 aliphatic heterocycles. The first kappa shape index (κ1) is 11.6. The zero-order valence-corrected chi connectivity index (χ0v) is 8.68. The molecule has 1 atom stereocenters. The van der Waals surface area contributed by atoms with E-state index in [1.807, 2.05) is 0 Å². The molecule has 0 aromatic carbocycles. The van der Waals surface area contributed by atoms with Gasteiger partial charge >= 0.3 is 12.1 Å². The SMILES string of the molecule is CCOC(=O)/C=C/[C@H]1CCCN1C(=O)O. The van der Waals surface area contributed by atoms with Gasteiger partial charge in [0, 0.05) is 12.6 Å². The van der Waals surface area contributed by atoms with Crippen LogP contribution in [0, 0.1) is 0 Å². The van der Waals surface area contributed by atoms with Gasteiger partial charge in [0.05, 0.1) is 12.6 Å². The fourth-order valence-electron chi connectivity index (χ4n) is 1.61. The number of amides is 1. The van der Waals surface area contributed by atoms with Crippen molar-refractivity contribution in [2.75, 3.05) is 13.2 Å². The Labute approximate surface area is 88.3 Å². The molecule has 1 rings (SSSR count). The number of likely N-dealkylation sites (tertiary alicyclic amines) is 1. The van der Waals surface area contributed by atoms with E-state index >= 15 is 0 Å². The Balaban J connectivity index is 2.50. The van der Waals surface area contributed by atoms with E-state index in [4.69, 9.17) is 9.84 Å². The van der Waals surface area contributed by atoms with Crippen molar-refractivity contribution in [2.45, 2.75) is 25.8 Å². The Bertz CT molecular complexity index is 275. The zero-order valence-electron chi connectivity index (χ0n) is 8.68. The second kappa shape index (κ2) is 5.38. The van der Waals surface area contributed by atoms with E-state index in [2.05, 4.69) is 0 Å². The zero-order chi connectivity index (χ0) is 11.3. The second-order valence-corrected chi connectivity index (χ2v) is 3.30. The molecular weight excluding hydrogens is 198 g/mol. The van der Waals surface area contributed by atoms with Crippen molar-refractivity contribution in [3.8, 4) is 0 Å². The summed E-state index contributed by atoms with van der Waals surface area (Å²) in [5.74, 6) is -0.422. The standard InChI is InChI=1S/C10H15NO4/c1-2-15-9(12)6-5-8-4-3-7-11(8)10(13)14/h5-6,8H,2-4,7H2,1H3,(H,13,14)/b6-5+/t8-/m1/s1. The molecule has 1 N–H and O–H groups in total. The Kier molecular flexibility index (Phi) is 4.15. The lowest BCUT2D eigenvalue weighted by atomic mass is 10.2. The first-order valence-electron chi connectivity index (χ1n) is 4.99. The number of rotatable bonds is 3. The summed E-state index contributed by atoms with van der Waals surface area (Å²) in [4.78, 5) is 23.1. The van der Waals surface area contributed by atoms with Crippen LogP contribution in [-0.4, -0.2) is 41.3 Å². The van der Waals surface area contributed by atoms with Gasteiger partial charge in [0.15, 0.2) is 0 Å². The van der Waals surface area contributed by atoms with Gasteiger partial charge in [-0.25, -0.2) is 9.59 Å². The van der Waals surface area contributed by atoms with Gasteiger partial charge in [-0.15, -0.1) is 0 Å². The number of nitrogens with zero attached hydrogens (tertiary/aromatic N) is 1. The monoisotopic (exact) mass is 213 g/mol. The molecular formula is C10H15NO4. The Hall–Kier alpha value is -1.52. The molecule has 0 aromatic rings. The third-order valence-corrected chi connectivity index (χ3v) is 2.29. The molecule has 0 aliphatic carbocycles. The highest BCUT2D eigenvalue weighted by atomic mass is 16.5. The Morgan fingerprint density at radius 1 is 1.60 bits per heavy atom. The third kappa shape index (κ3) is 3.27. The van der Waals surface area contributed by atoms with Crippen LogP contribution in [0.2, 0.25) is 0 Å². The molecule has 0 aromatic heterocycles. The molecule has 1 saturated heterocycles. The molecule has 1 fully saturated rings. The van der Waals surface area contributed by atoms with Gasteiger partial charge in [-0.2, -0.15) is 0 Å². The highest BCUT2D eigenvalue weighted by Crippen LogP contribution is 2.18. The number of carbonyl (C=O) groups is 2. The first-order chi connectivity index (χ1) is 7.15. The van der Waals surface area contributed by atoms with Gasteiger partial charge in [-0.3, -0.25) is 0 Å². The maximum atomic E-state index is 11.0. The number of carboxylic acid groups (broad SMARTS) is 1. The van der Waals surface area contributed by atoms with Crippen molar-refractivity contribution in [1.29, 1.82) is 0 Å². The third-order valence-electron chi connectivity index (χ3n) is 2.29. The summed E-state index contributed by atoms with van der Waals surface area (Å²) in [7, 11) is 0. The van der Waals surface area contributed by atoms with Crippen LogP contribution in [0.15, 0.2) is 12.2 Å². The van der Waals surface area contributed by atoms with E-state index in [1.54, 1.807) is 13.0 Å². The number of ether oxygens (including phenoxy) is 1. The average Bonchev–Trinajstić information content (AvgIpc) is 2.63. The second-order valence-electron chi connectivity index (χ2n) is 3.30. The molecule has 1 amide bonds. The predicted molar refractivity (Wildman–Crippen MR) is 53.5 cm³/mol. The average molecular weight is 213 g/mol. The minimum Gasteiger partial charge on any atom is -0.465 e. The van der Waals surface area contributed by atoms with E-state index in [1.165, 1.54) is 11.0 Å². The molecule has 0 bridgehead atoms. The van der Waals surface area contributed by atoms with Gasteiger partial charge in [0.2, 0.25) is 0 Å². The molecule has 5 nitrogen and oxygen atoms in total. The van der Waals surface area contributed by atoms with Gasteiger partial charge in [0.25, 0.3) is 0 Å². The van der Waals surface area contributed by atoms with Gasteiger partial charge in [0.1, 0.15) is 0 Å². The minimum atomic E-state index is -0.939. The van der Waals surface area contributed by atoms with Gasteiger partial charge in [-0.1, -0.05) is 6.08 Å². The summed E-state index contributed by atoms with van der Waals surface area (Å²) in [5.41, 5.74) is 0. The summed E-state index contributed by atoms with van der Waals surface area (Å²) in [6.07, 6.45) is 3.56. The molecule has 1 heterocycles. The highest BCUT2D eigenvalue weighted by Gasteiger charge is 2.26. The van der Waals surface area contributed by atoms with Crippen LogP contribution in [0.4, 0.5) is 4.79 Å². The van der Waals surface area contributed by atoms with Crippen molar-refractivity contribution in [3.05, 3.63) is 12.2 Å². The summed E-state index contributed by atoms with van der Waals surface area (Å²) >= 11 is 0. The first-order valence-corrected chi connectivity index (χ1v) is 4.99. The molecule has 0 spiro atoms. The van der Waals surface area contributed by atoms with E-state index < -0.39 is 12.1 Å². The molecule has 1 aliphatic rings. The van der Waals surface area contributed by atoms with E-state index in [0.29, 0.717) is 13.2 Å². The van der Waals surface area contributed by atoms with Crippen LogP contribution < -0.4 is 0 Å². The number of hydrogen-bond donors (Lipinski definition) is 1. The van der Waals surface area contributed by atoms with Crippen LogP contribution in [0.1, 0.15) is 19.8 Å². The lowest BCUT2D eigenvalue weighted by molar-refractivity contribution is -0.137. The minimum absolute atomic E-state index is 0.188. The largest absolute Gasteiger partial charge is 0.465 e. The van der Waals surface area contributed by atoms with Crippen molar-refractivity contribution >= 4 is 12.1 Å². The van der Waals surface area contributed by atoms with Crippen molar-refractivity contribution < 1.29 is 19.4 Å². The number of carbonyl (C=O) groups excluding carboxylic acids is 1. The van der Waals surface area contributed by atoms with Gasteiger partial charge in [-0.05, 0) is 19.8 Å². The molecule has 15 heavy (non-hydrogen) atoms. The normalized spacial score (nSPS) is 20.9. The van der Waals surface area contributed by atoms with Crippen molar-refractivity contribution in [2.24, 2.45) is 0 Å². The van der Waals surface area contributed by atoms with Crippen LogP contribution in [0.3, 0.4) is 0 Å². The quantitative estimate of drug-likeness (QED) is 0.566. The lowest BCUT2D eigenvalue weighted by Gasteiger charge is -2.17. The molecule has 0 unspecified atom stereocenters. The molecule has 5 heteroatoms. The topological polar surface area (TPSA) is 66.8 Å². The van der Waals surface area contributed by atoms with E-state index in [9.17, 15) is 9.59 Å². The summed E-state index contributed by atoms with van der Waals surface area (Å²) in [6, 6.07) is -0.188. The summed E-state index contributed by atoms with van der Waals surface area (Å²) in [6.45, 7) is 2.59. The highest BCUT2D eigenvalue weighted by molar-refractivity contribution is 5.82. The van der Waals surface area contributed by atoms with Gasteiger partial charge < -0.3 is 14.7 Å². The molecule has 0 saturated carbocycles. The molecule has 0 radical (unpaired) electrons. The maximum Gasteiger partial charge on any atom is 0.407 e. The van der Waals surface area contributed by atoms with E-state index in [0.717, 1.165) is 12.8 Å². The summed E-state index contributed by atoms with van der Waals surface area (Å²) < 4.78 is 4.71. The smallest absolute Gasteiger partial charge is 0.407 e. The lowest BCUT2D eigenvalue weighted by Crippen LogP contribution is -2.32. The molecule has 84 valence electrons. The number of esters is 1. The van der Waals surface area contributed by atoms with E-state index in [-0.39, 0.29) is 6.04 Å². The fourth-order valence-corrected chi connectivity index (χ4v) is 1.61. The Morgan fingerprint density at radius 2 is 2.33 bits per heavy atom. The Morgan fingerprint density at radius 3 is 2.93 bits per heavy atom. The van der Waals surface area contributed by atoms with Crippen molar-refractivity contribution in [3.63, 3.8) is 0 Å². The fraction of sp³-hybridized carbons (Fsp3) is 0.600. The predicted octanol–water partition coefficient (Wildman–Crippen LogP) is 1.25. The van der Waals surface area contributed by atoms with Crippen LogP contribution in [0.25, 0.3) is 0 Å².